The van der Waals surface area contributed by atoms with Gasteiger partial charge in [0.05, 0.1) is 5.02 Å². The molecule has 0 saturated heterocycles. The number of carbonyl (C=O) groups is 2. The molecule has 3 aromatic rings. The Labute approximate surface area is 198 Å². The topological polar surface area (TPSA) is 96.0 Å². The number of hydrogen-bond acceptors (Lipinski definition) is 5. The number of anilines is 2. The fourth-order valence-electron chi connectivity index (χ4n) is 2.78. The third kappa shape index (κ3) is 6.15. The van der Waals surface area contributed by atoms with Gasteiger partial charge in [-0.2, -0.15) is 0 Å². The Morgan fingerprint density at radius 3 is 2.59 bits per heavy atom. The third-order valence-corrected chi connectivity index (χ3v) is 6.10. The Morgan fingerprint density at radius 2 is 1.91 bits per heavy atom. The molecule has 0 aliphatic heterocycles. The van der Waals surface area contributed by atoms with Crippen molar-refractivity contribution in [3.63, 3.8) is 0 Å². The molecule has 0 aliphatic carbocycles. The Balaban J connectivity index is 1.68. The third-order valence-electron chi connectivity index (χ3n) is 4.69. The van der Waals surface area contributed by atoms with Gasteiger partial charge in [0.25, 0.3) is 0 Å². The first-order chi connectivity index (χ1) is 15.3. The molecular weight excluding hydrogens is 476 g/mol. The highest BCUT2D eigenvalue weighted by Gasteiger charge is 2.27. The first-order valence-corrected chi connectivity index (χ1v) is 11.3. The van der Waals surface area contributed by atoms with Crippen molar-refractivity contribution in [2.24, 2.45) is 5.92 Å². The number of carbonyl (C=O) groups excluding carboxylic acids is 2. The van der Waals surface area contributed by atoms with Gasteiger partial charge in [-0.05, 0) is 36.2 Å². The standard InChI is InChI=1S/C21H20Cl2FN5O2S/c1-3-11(2)17(26-20(31)25-14-7-8-16(24)15(23)10-14)18(30)27-21-29-28-19(32-21)12-5-4-6-13(22)9-12/h4-11,17H,3H2,1-2H3,(H2,25,26,31)(H,27,29,30). The minimum absolute atomic E-state index is 0.120. The molecule has 1 aromatic heterocycles. The first kappa shape index (κ1) is 23.9. The summed E-state index contributed by atoms with van der Waals surface area (Å²) in [5.41, 5.74) is 1.08. The number of aromatic nitrogens is 2. The van der Waals surface area contributed by atoms with Gasteiger partial charge in [0.15, 0.2) is 0 Å². The molecule has 32 heavy (non-hydrogen) atoms. The van der Waals surface area contributed by atoms with E-state index < -0.39 is 23.8 Å². The van der Waals surface area contributed by atoms with E-state index in [1.165, 1.54) is 23.5 Å². The summed E-state index contributed by atoms with van der Waals surface area (Å²) < 4.78 is 13.3. The molecule has 0 fully saturated rings. The maximum absolute atomic E-state index is 13.3. The minimum atomic E-state index is -0.838. The molecular formula is C21H20Cl2FN5O2S. The van der Waals surface area contributed by atoms with Crippen molar-refractivity contribution >= 4 is 57.3 Å². The van der Waals surface area contributed by atoms with Crippen LogP contribution in [0.1, 0.15) is 20.3 Å². The number of halogens is 3. The number of benzene rings is 2. The van der Waals surface area contributed by atoms with E-state index >= 15 is 0 Å². The van der Waals surface area contributed by atoms with Crippen LogP contribution in [0, 0.1) is 11.7 Å². The summed E-state index contributed by atoms with van der Waals surface area (Å²) in [5.74, 6) is -1.19. The fourth-order valence-corrected chi connectivity index (χ4v) is 3.89. The van der Waals surface area contributed by atoms with Crippen LogP contribution in [0.3, 0.4) is 0 Å². The van der Waals surface area contributed by atoms with E-state index in [1.54, 1.807) is 18.2 Å². The van der Waals surface area contributed by atoms with E-state index in [9.17, 15) is 14.0 Å². The molecule has 2 aromatic carbocycles. The number of nitrogens with one attached hydrogen (secondary N) is 3. The van der Waals surface area contributed by atoms with Crippen molar-refractivity contribution in [1.82, 2.24) is 15.5 Å². The van der Waals surface area contributed by atoms with E-state index in [1.807, 2.05) is 19.9 Å². The van der Waals surface area contributed by atoms with E-state index in [0.717, 1.165) is 11.6 Å². The van der Waals surface area contributed by atoms with Crippen LogP contribution in [0.4, 0.5) is 20.0 Å². The van der Waals surface area contributed by atoms with Crippen LogP contribution < -0.4 is 16.0 Å². The summed E-state index contributed by atoms with van der Waals surface area (Å²) in [4.78, 5) is 25.3. The maximum Gasteiger partial charge on any atom is 0.319 e. The zero-order chi connectivity index (χ0) is 23.3. The highest BCUT2D eigenvalue weighted by Crippen LogP contribution is 2.28. The van der Waals surface area contributed by atoms with Gasteiger partial charge >= 0.3 is 6.03 Å². The van der Waals surface area contributed by atoms with Crippen LogP contribution in [-0.2, 0) is 4.79 Å². The van der Waals surface area contributed by atoms with Gasteiger partial charge in [-0.1, -0.05) is 66.9 Å². The Kier molecular flexibility index (Phi) is 8.00. The van der Waals surface area contributed by atoms with Crippen molar-refractivity contribution in [2.75, 3.05) is 10.6 Å². The largest absolute Gasteiger partial charge is 0.326 e. The highest BCUT2D eigenvalue weighted by atomic mass is 35.5. The zero-order valence-electron chi connectivity index (χ0n) is 17.2. The van der Waals surface area contributed by atoms with Crippen molar-refractivity contribution in [1.29, 1.82) is 0 Å². The number of urea groups is 1. The first-order valence-electron chi connectivity index (χ1n) is 9.69. The van der Waals surface area contributed by atoms with Gasteiger partial charge in [0.1, 0.15) is 16.9 Å². The highest BCUT2D eigenvalue weighted by molar-refractivity contribution is 7.18. The maximum atomic E-state index is 13.3. The van der Waals surface area contributed by atoms with Gasteiger partial charge in [0.2, 0.25) is 11.0 Å². The SMILES string of the molecule is CCC(C)C(NC(=O)Nc1ccc(F)c(Cl)c1)C(=O)Nc1nnc(-c2cccc(Cl)c2)s1. The minimum Gasteiger partial charge on any atom is -0.326 e. The number of amides is 3. The molecule has 0 radical (unpaired) electrons. The fraction of sp³-hybridized carbons (Fsp3) is 0.238. The van der Waals surface area contributed by atoms with Crippen LogP contribution in [0.15, 0.2) is 42.5 Å². The lowest BCUT2D eigenvalue weighted by atomic mass is 9.98. The lowest BCUT2D eigenvalue weighted by molar-refractivity contribution is -0.119. The predicted molar refractivity (Wildman–Crippen MR) is 126 cm³/mol. The normalized spacial score (nSPS) is 12.7. The molecule has 2 atom stereocenters. The number of hydrogen-bond donors (Lipinski definition) is 3. The van der Waals surface area contributed by atoms with Gasteiger partial charge < -0.3 is 10.6 Å². The molecule has 0 bridgehead atoms. The van der Waals surface area contributed by atoms with E-state index in [-0.39, 0.29) is 10.9 Å². The van der Waals surface area contributed by atoms with Crippen molar-refractivity contribution in [3.8, 4) is 10.6 Å². The number of rotatable bonds is 7. The lowest BCUT2D eigenvalue weighted by Gasteiger charge is -2.23. The summed E-state index contributed by atoms with van der Waals surface area (Å²) in [6.07, 6.45) is 0.643. The second-order valence-electron chi connectivity index (χ2n) is 7.00. The molecule has 0 saturated carbocycles. The Morgan fingerprint density at radius 1 is 1.12 bits per heavy atom. The molecule has 2 unspecified atom stereocenters. The molecule has 168 valence electrons. The van der Waals surface area contributed by atoms with Crippen LogP contribution in [0.5, 0.6) is 0 Å². The van der Waals surface area contributed by atoms with E-state index in [0.29, 0.717) is 27.3 Å². The second kappa shape index (κ2) is 10.7. The second-order valence-corrected chi connectivity index (χ2v) is 8.82. The molecule has 3 N–H and O–H groups in total. The summed E-state index contributed by atoms with van der Waals surface area (Å²) >= 11 is 13.0. The predicted octanol–water partition coefficient (Wildman–Crippen LogP) is 5.83. The molecule has 0 aliphatic rings. The van der Waals surface area contributed by atoms with Crippen molar-refractivity contribution in [3.05, 3.63) is 58.3 Å². The zero-order valence-corrected chi connectivity index (χ0v) is 19.5. The van der Waals surface area contributed by atoms with Gasteiger partial charge in [-0.15, -0.1) is 10.2 Å². The summed E-state index contributed by atoms with van der Waals surface area (Å²) in [6.45, 7) is 3.75. The molecule has 7 nitrogen and oxygen atoms in total. The molecule has 11 heteroatoms. The smallest absolute Gasteiger partial charge is 0.319 e. The Hall–Kier alpha value is -2.75. The van der Waals surface area contributed by atoms with Gasteiger partial charge in [-0.3, -0.25) is 10.1 Å². The monoisotopic (exact) mass is 495 g/mol. The Bertz CT molecular complexity index is 1130. The van der Waals surface area contributed by atoms with Crippen LogP contribution in [0.25, 0.3) is 10.6 Å². The molecule has 3 amide bonds. The van der Waals surface area contributed by atoms with Crippen LogP contribution in [0.2, 0.25) is 10.0 Å². The summed E-state index contributed by atoms with van der Waals surface area (Å²) in [6, 6.07) is 9.49. The van der Waals surface area contributed by atoms with Gasteiger partial charge in [-0.25, -0.2) is 9.18 Å². The van der Waals surface area contributed by atoms with Crippen LogP contribution >= 0.6 is 34.5 Å². The summed E-state index contributed by atoms with van der Waals surface area (Å²) in [5, 5.41) is 17.4. The van der Waals surface area contributed by atoms with E-state index in [2.05, 4.69) is 26.1 Å². The van der Waals surface area contributed by atoms with Gasteiger partial charge in [0, 0.05) is 16.3 Å². The number of nitrogens with zero attached hydrogens (tertiary/aromatic N) is 2. The lowest BCUT2D eigenvalue weighted by Crippen LogP contribution is -2.49. The average molecular weight is 496 g/mol. The summed E-state index contributed by atoms with van der Waals surface area (Å²) in [7, 11) is 0. The van der Waals surface area contributed by atoms with Crippen molar-refractivity contribution in [2.45, 2.75) is 26.3 Å². The molecule has 3 rings (SSSR count). The van der Waals surface area contributed by atoms with E-state index in [4.69, 9.17) is 23.2 Å². The van der Waals surface area contributed by atoms with Crippen molar-refractivity contribution < 1.29 is 14.0 Å². The molecule has 0 spiro atoms. The quantitative estimate of drug-likeness (QED) is 0.384. The molecule has 1 heterocycles. The van der Waals surface area contributed by atoms with Crippen LogP contribution in [-0.4, -0.2) is 28.2 Å². The average Bonchev–Trinajstić information content (AvgIpc) is 3.22.